The first kappa shape index (κ1) is 11.0. The summed E-state index contributed by atoms with van der Waals surface area (Å²) in [5.74, 6) is 0.241. The SMILES string of the molecule is O=C1C(c2ccccc2)=C2CCCC23CC=CCN13. The van der Waals surface area contributed by atoms with Gasteiger partial charge in [0, 0.05) is 12.1 Å². The van der Waals surface area contributed by atoms with Gasteiger partial charge >= 0.3 is 0 Å². The van der Waals surface area contributed by atoms with E-state index in [9.17, 15) is 4.79 Å². The third-order valence-electron chi connectivity index (χ3n) is 4.83. The Bertz CT molecular complexity index is 599. The normalized spacial score (nSPS) is 28.8. The van der Waals surface area contributed by atoms with Crippen molar-refractivity contribution in [2.75, 3.05) is 6.54 Å². The van der Waals surface area contributed by atoms with Gasteiger partial charge in [-0.15, -0.1) is 0 Å². The van der Waals surface area contributed by atoms with Gasteiger partial charge in [-0.2, -0.15) is 0 Å². The average Bonchev–Trinajstić information content (AvgIpc) is 2.94. The van der Waals surface area contributed by atoms with Gasteiger partial charge < -0.3 is 4.90 Å². The second-order valence-electron chi connectivity index (χ2n) is 5.70. The van der Waals surface area contributed by atoms with Gasteiger partial charge in [0.1, 0.15) is 0 Å². The molecule has 0 bridgehead atoms. The van der Waals surface area contributed by atoms with E-state index in [2.05, 4.69) is 29.2 Å². The molecule has 1 aliphatic carbocycles. The standard InChI is InChI=1S/C17H17NO/c19-16-15(13-7-2-1-3-8-13)14-9-6-11-17(14)10-4-5-12-18(16)17/h1-5,7-8H,6,9-12H2. The number of rotatable bonds is 1. The smallest absolute Gasteiger partial charge is 0.255 e. The molecule has 1 fully saturated rings. The second-order valence-corrected chi connectivity index (χ2v) is 5.70. The van der Waals surface area contributed by atoms with E-state index in [1.807, 2.05) is 18.2 Å². The molecule has 1 amide bonds. The zero-order valence-corrected chi connectivity index (χ0v) is 10.9. The molecule has 2 heteroatoms. The molecule has 2 heterocycles. The van der Waals surface area contributed by atoms with E-state index in [1.54, 1.807) is 0 Å². The largest absolute Gasteiger partial charge is 0.325 e. The number of amides is 1. The van der Waals surface area contributed by atoms with Crippen LogP contribution in [0.1, 0.15) is 31.2 Å². The fourth-order valence-electron chi connectivity index (χ4n) is 4.01. The summed E-state index contributed by atoms with van der Waals surface area (Å²) in [5, 5.41) is 0. The van der Waals surface area contributed by atoms with Crippen LogP contribution in [0.4, 0.5) is 0 Å². The molecule has 1 unspecified atom stereocenters. The molecule has 19 heavy (non-hydrogen) atoms. The Balaban J connectivity index is 1.91. The molecular formula is C17H17NO. The van der Waals surface area contributed by atoms with Crippen molar-refractivity contribution in [2.24, 2.45) is 0 Å². The molecule has 0 radical (unpaired) electrons. The molecule has 3 aliphatic rings. The van der Waals surface area contributed by atoms with Crippen molar-refractivity contribution in [1.82, 2.24) is 4.90 Å². The van der Waals surface area contributed by atoms with Crippen LogP contribution in [-0.4, -0.2) is 22.9 Å². The molecule has 96 valence electrons. The molecule has 2 nitrogen and oxygen atoms in total. The van der Waals surface area contributed by atoms with E-state index >= 15 is 0 Å². The highest BCUT2D eigenvalue weighted by atomic mass is 16.2. The summed E-state index contributed by atoms with van der Waals surface area (Å²) in [7, 11) is 0. The Labute approximate surface area is 113 Å². The Morgan fingerprint density at radius 1 is 1.11 bits per heavy atom. The highest BCUT2D eigenvalue weighted by molar-refractivity contribution is 6.24. The quantitative estimate of drug-likeness (QED) is 0.702. The highest BCUT2D eigenvalue weighted by Crippen LogP contribution is 2.52. The van der Waals surface area contributed by atoms with Gasteiger partial charge in [0.25, 0.3) is 5.91 Å². The maximum atomic E-state index is 12.8. The third-order valence-corrected chi connectivity index (χ3v) is 4.83. The van der Waals surface area contributed by atoms with E-state index in [4.69, 9.17) is 0 Å². The van der Waals surface area contributed by atoms with E-state index in [0.717, 1.165) is 36.9 Å². The predicted octanol–water partition coefficient (Wildman–Crippen LogP) is 3.17. The van der Waals surface area contributed by atoms with E-state index in [0.29, 0.717) is 0 Å². The van der Waals surface area contributed by atoms with Crippen LogP contribution in [0.25, 0.3) is 5.57 Å². The minimum atomic E-state index is 0.0248. The first-order chi connectivity index (χ1) is 9.33. The van der Waals surface area contributed by atoms with Gasteiger partial charge in [0.05, 0.1) is 5.54 Å². The van der Waals surface area contributed by atoms with Gasteiger partial charge in [0.15, 0.2) is 0 Å². The molecule has 0 aromatic heterocycles. The Kier molecular flexibility index (Phi) is 2.22. The van der Waals surface area contributed by atoms with Crippen molar-refractivity contribution in [2.45, 2.75) is 31.2 Å². The van der Waals surface area contributed by atoms with Crippen LogP contribution in [0, 0.1) is 0 Å². The number of nitrogens with zero attached hydrogens (tertiary/aromatic N) is 1. The first-order valence-corrected chi connectivity index (χ1v) is 7.09. The number of hydrogen-bond acceptors (Lipinski definition) is 1. The predicted molar refractivity (Wildman–Crippen MR) is 75.4 cm³/mol. The van der Waals surface area contributed by atoms with Crippen molar-refractivity contribution in [3.63, 3.8) is 0 Å². The van der Waals surface area contributed by atoms with E-state index in [-0.39, 0.29) is 11.4 Å². The Hall–Kier alpha value is -1.83. The summed E-state index contributed by atoms with van der Waals surface area (Å²) in [6.45, 7) is 0.776. The molecule has 0 N–H and O–H groups in total. The molecule has 1 aromatic rings. The van der Waals surface area contributed by atoms with Crippen LogP contribution in [0.2, 0.25) is 0 Å². The van der Waals surface area contributed by atoms with Gasteiger partial charge in [-0.25, -0.2) is 0 Å². The lowest BCUT2D eigenvalue weighted by atomic mass is 9.85. The lowest BCUT2D eigenvalue weighted by molar-refractivity contribution is -0.127. The van der Waals surface area contributed by atoms with Crippen LogP contribution in [0.5, 0.6) is 0 Å². The second kappa shape index (κ2) is 3.83. The maximum absolute atomic E-state index is 12.8. The molecular weight excluding hydrogens is 234 g/mol. The lowest BCUT2D eigenvalue weighted by Crippen LogP contribution is -2.48. The summed E-state index contributed by atoms with van der Waals surface area (Å²) in [6.07, 6.45) is 8.82. The molecule has 2 aliphatic heterocycles. The molecule has 0 saturated heterocycles. The average molecular weight is 251 g/mol. The fraction of sp³-hybridized carbons (Fsp3) is 0.353. The molecule has 1 atom stereocenters. The number of carbonyl (C=O) groups is 1. The van der Waals surface area contributed by atoms with Crippen molar-refractivity contribution < 1.29 is 4.79 Å². The number of benzene rings is 1. The lowest BCUT2D eigenvalue weighted by Gasteiger charge is -2.39. The molecule has 1 saturated carbocycles. The van der Waals surface area contributed by atoms with Gasteiger partial charge in [0.2, 0.25) is 0 Å². The third kappa shape index (κ3) is 1.34. The van der Waals surface area contributed by atoms with Gasteiger partial charge in [-0.05, 0) is 36.8 Å². The summed E-state index contributed by atoms with van der Waals surface area (Å²) in [6, 6.07) is 10.2. The minimum Gasteiger partial charge on any atom is -0.325 e. The zero-order chi connectivity index (χ0) is 12.9. The van der Waals surface area contributed by atoms with E-state index in [1.165, 1.54) is 12.0 Å². The molecule has 4 rings (SSSR count). The summed E-state index contributed by atoms with van der Waals surface area (Å²) < 4.78 is 0. The van der Waals surface area contributed by atoms with Crippen LogP contribution in [0.15, 0.2) is 48.1 Å². The topological polar surface area (TPSA) is 20.3 Å². The van der Waals surface area contributed by atoms with Gasteiger partial charge in [-0.3, -0.25) is 4.79 Å². The molecule has 1 aromatic carbocycles. The van der Waals surface area contributed by atoms with Crippen molar-refractivity contribution >= 4 is 11.5 Å². The highest BCUT2D eigenvalue weighted by Gasteiger charge is 2.53. The van der Waals surface area contributed by atoms with Crippen LogP contribution < -0.4 is 0 Å². The van der Waals surface area contributed by atoms with Crippen molar-refractivity contribution in [3.05, 3.63) is 53.6 Å². The van der Waals surface area contributed by atoms with Crippen molar-refractivity contribution in [1.29, 1.82) is 0 Å². The Morgan fingerprint density at radius 3 is 2.79 bits per heavy atom. The van der Waals surface area contributed by atoms with Crippen LogP contribution >= 0.6 is 0 Å². The van der Waals surface area contributed by atoms with Crippen LogP contribution in [0.3, 0.4) is 0 Å². The van der Waals surface area contributed by atoms with Crippen LogP contribution in [-0.2, 0) is 4.79 Å². The Morgan fingerprint density at radius 2 is 1.95 bits per heavy atom. The minimum absolute atomic E-state index is 0.0248. The molecule has 1 spiro atoms. The monoisotopic (exact) mass is 251 g/mol. The fourth-order valence-corrected chi connectivity index (χ4v) is 4.01. The van der Waals surface area contributed by atoms with E-state index < -0.39 is 0 Å². The number of carbonyl (C=O) groups excluding carboxylic acids is 1. The summed E-state index contributed by atoms with van der Waals surface area (Å²) in [5.41, 5.74) is 3.50. The maximum Gasteiger partial charge on any atom is 0.255 e. The van der Waals surface area contributed by atoms with Gasteiger partial charge in [-0.1, -0.05) is 42.5 Å². The van der Waals surface area contributed by atoms with Crippen molar-refractivity contribution in [3.8, 4) is 0 Å². The number of hydrogen-bond donors (Lipinski definition) is 0. The summed E-state index contributed by atoms with van der Waals surface area (Å²) in [4.78, 5) is 14.9. The summed E-state index contributed by atoms with van der Waals surface area (Å²) >= 11 is 0. The first-order valence-electron chi connectivity index (χ1n) is 7.09. The zero-order valence-electron chi connectivity index (χ0n) is 10.9.